The topological polar surface area (TPSA) is 60.0 Å². The quantitative estimate of drug-likeness (QED) is 0.776. The average Bonchev–Trinajstić information content (AvgIpc) is 2.66. The highest BCUT2D eigenvalue weighted by atomic mass is 16.5. The molecule has 0 saturated heterocycles. The van der Waals surface area contributed by atoms with Crippen molar-refractivity contribution in [3.8, 4) is 0 Å². The van der Waals surface area contributed by atoms with Crippen LogP contribution in [0.25, 0.3) is 11.2 Å². The zero-order chi connectivity index (χ0) is 11.4. The maximum Gasteiger partial charge on any atom is 0.177 e. The zero-order valence-corrected chi connectivity index (χ0v) is 9.49. The molecule has 0 aromatic carbocycles. The first-order valence-corrected chi connectivity index (χ1v) is 5.17. The molecule has 0 bridgehead atoms. The number of H-pyrrole nitrogens is 1. The number of nitrogens with one attached hydrogen (secondary N) is 1. The van der Waals surface area contributed by atoms with E-state index in [-0.39, 0.29) is 0 Å². The molecule has 0 aliphatic rings. The minimum absolute atomic E-state index is 0.457. The highest BCUT2D eigenvalue weighted by molar-refractivity contribution is 5.70. The molecule has 0 aliphatic carbocycles. The summed E-state index contributed by atoms with van der Waals surface area (Å²) in [6.07, 6.45) is 1.80. The molecule has 0 atom stereocenters. The number of pyridine rings is 1. The van der Waals surface area contributed by atoms with Crippen LogP contribution in [0, 0.1) is 6.92 Å². The maximum atomic E-state index is 5.37. The van der Waals surface area contributed by atoms with Crippen LogP contribution in [0.2, 0.25) is 0 Å². The second-order valence-corrected chi connectivity index (χ2v) is 3.61. The largest absolute Gasteiger partial charge is 0.382 e. The van der Waals surface area contributed by atoms with E-state index >= 15 is 0 Å². The fraction of sp³-hybridized carbons (Fsp3) is 0.455. The van der Waals surface area contributed by atoms with Gasteiger partial charge in [0, 0.05) is 13.3 Å². The van der Waals surface area contributed by atoms with Crippen LogP contribution in [0.5, 0.6) is 0 Å². The van der Waals surface area contributed by atoms with Crippen LogP contribution in [0.15, 0.2) is 12.3 Å². The Labute approximate surface area is 93.8 Å². The highest BCUT2D eigenvalue weighted by Crippen LogP contribution is 2.10. The Kier molecular flexibility index (Phi) is 3.48. The zero-order valence-electron chi connectivity index (χ0n) is 9.49. The van der Waals surface area contributed by atoms with Crippen LogP contribution < -0.4 is 0 Å². The summed E-state index contributed by atoms with van der Waals surface area (Å²) in [5, 5.41) is 0. The van der Waals surface area contributed by atoms with Crippen molar-refractivity contribution >= 4 is 11.2 Å². The molecule has 0 aliphatic heterocycles. The number of methoxy groups -OCH3 is 1. The van der Waals surface area contributed by atoms with E-state index in [0.717, 1.165) is 22.6 Å². The highest BCUT2D eigenvalue weighted by Gasteiger charge is 2.03. The molecule has 0 unspecified atom stereocenters. The summed E-state index contributed by atoms with van der Waals surface area (Å²) >= 11 is 0. The Morgan fingerprint density at radius 1 is 1.38 bits per heavy atom. The molecule has 0 spiro atoms. The number of imidazole rings is 1. The third-order valence-corrected chi connectivity index (χ3v) is 2.19. The van der Waals surface area contributed by atoms with Crippen molar-refractivity contribution in [2.45, 2.75) is 13.5 Å². The number of nitrogens with zero attached hydrogens (tertiary/aromatic N) is 2. The number of aromatic nitrogens is 3. The van der Waals surface area contributed by atoms with Crippen LogP contribution >= 0.6 is 0 Å². The van der Waals surface area contributed by atoms with E-state index in [4.69, 9.17) is 9.47 Å². The summed E-state index contributed by atoms with van der Waals surface area (Å²) < 4.78 is 10.3. The van der Waals surface area contributed by atoms with Gasteiger partial charge in [-0.25, -0.2) is 9.97 Å². The predicted molar refractivity (Wildman–Crippen MR) is 60.2 cm³/mol. The van der Waals surface area contributed by atoms with Gasteiger partial charge in [-0.15, -0.1) is 0 Å². The molecule has 86 valence electrons. The number of aryl methyl sites for hydroxylation is 1. The van der Waals surface area contributed by atoms with Crippen molar-refractivity contribution in [2.75, 3.05) is 20.3 Å². The lowest BCUT2D eigenvalue weighted by Crippen LogP contribution is -2.02. The van der Waals surface area contributed by atoms with E-state index < -0.39 is 0 Å². The molecular formula is C11H15N3O2. The average molecular weight is 221 g/mol. The van der Waals surface area contributed by atoms with Gasteiger partial charge in [-0.1, -0.05) is 0 Å². The van der Waals surface area contributed by atoms with Gasteiger partial charge in [0.2, 0.25) is 0 Å². The monoisotopic (exact) mass is 221 g/mol. The minimum Gasteiger partial charge on any atom is -0.382 e. The van der Waals surface area contributed by atoms with Crippen molar-refractivity contribution in [1.29, 1.82) is 0 Å². The van der Waals surface area contributed by atoms with Gasteiger partial charge in [0.25, 0.3) is 0 Å². The summed E-state index contributed by atoms with van der Waals surface area (Å²) in [5.41, 5.74) is 2.80. The Balaban J connectivity index is 2.02. The maximum absolute atomic E-state index is 5.37. The van der Waals surface area contributed by atoms with Gasteiger partial charge in [0.15, 0.2) is 5.65 Å². The van der Waals surface area contributed by atoms with E-state index in [9.17, 15) is 0 Å². The summed E-state index contributed by atoms with van der Waals surface area (Å²) in [6, 6.07) is 2.02. The molecule has 0 saturated carbocycles. The minimum atomic E-state index is 0.457. The Morgan fingerprint density at radius 3 is 3.06 bits per heavy atom. The fourth-order valence-electron chi connectivity index (χ4n) is 1.43. The second kappa shape index (κ2) is 5.05. The lowest BCUT2D eigenvalue weighted by atomic mass is 10.3. The molecule has 1 N–H and O–H groups in total. The molecule has 2 heterocycles. The first kappa shape index (κ1) is 11.0. The normalized spacial score (nSPS) is 11.1. The van der Waals surface area contributed by atoms with Gasteiger partial charge in [-0.3, -0.25) is 0 Å². The molecule has 0 fully saturated rings. The van der Waals surface area contributed by atoms with Crippen LogP contribution in [0.1, 0.15) is 11.4 Å². The lowest BCUT2D eigenvalue weighted by Gasteiger charge is -1.99. The molecule has 5 heteroatoms. The van der Waals surface area contributed by atoms with Crippen molar-refractivity contribution in [3.63, 3.8) is 0 Å². The van der Waals surface area contributed by atoms with E-state index in [2.05, 4.69) is 15.0 Å². The Hall–Kier alpha value is -1.46. The molecule has 2 aromatic heterocycles. The van der Waals surface area contributed by atoms with Crippen LogP contribution in [0.4, 0.5) is 0 Å². The first-order valence-electron chi connectivity index (χ1n) is 5.17. The van der Waals surface area contributed by atoms with Crippen LogP contribution in [-0.4, -0.2) is 35.3 Å². The Morgan fingerprint density at radius 2 is 2.25 bits per heavy atom. The first-order chi connectivity index (χ1) is 7.79. The molecule has 2 rings (SSSR count). The van der Waals surface area contributed by atoms with Gasteiger partial charge in [0.05, 0.1) is 18.7 Å². The lowest BCUT2D eigenvalue weighted by molar-refractivity contribution is 0.0590. The smallest absolute Gasteiger partial charge is 0.177 e. The van der Waals surface area contributed by atoms with Crippen molar-refractivity contribution in [2.24, 2.45) is 0 Å². The van der Waals surface area contributed by atoms with Crippen molar-refractivity contribution in [3.05, 3.63) is 23.7 Å². The van der Waals surface area contributed by atoms with Crippen LogP contribution in [-0.2, 0) is 16.1 Å². The summed E-state index contributed by atoms with van der Waals surface area (Å²) in [6.45, 7) is 3.62. The van der Waals surface area contributed by atoms with Crippen LogP contribution in [0.3, 0.4) is 0 Å². The number of hydrogen-bond acceptors (Lipinski definition) is 4. The molecule has 0 radical (unpaired) electrons. The van der Waals surface area contributed by atoms with Crippen molar-refractivity contribution < 1.29 is 9.47 Å². The Bertz CT molecular complexity index is 467. The van der Waals surface area contributed by atoms with E-state index in [1.165, 1.54) is 0 Å². The fourth-order valence-corrected chi connectivity index (χ4v) is 1.43. The predicted octanol–water partition coefficient (Wildman–Crippen LogP) is 1.43. The van der Waals surface area contributed by atoms with Gasteiger partial charge >= 0.3 is 0 Å². The molecule has 16 heavy (non-hydrogen) atoms. The number of fused-ring (bicyclic) bond motifs is 1. The molecule has 2 aromatic rings. The number of hydrogen-bond donors (Lipinski definition) is 1. The summed E-state index contributed by atoms with van der Waals surface area (Å²) in [7, 11) is 1.65. The van der Waals surface area contributed by atoms with Gasteiger partial charge in [-0.05, 0) is 18.6 Å². The number of rotatable bonds is 5. The second-order valence-electron chi connectivity index (χ2n) is 3.61. The van der Waals surface area contributed by atoms with E-state index in [1.54, 1.807) is 13.3 Å². The molecular weight excluding hydrogens is 206 g/mol. The number of aromatic amines is 1. The summed E-state index contributed by atoms with van der Waals surface area (Å²) in [5.74, 6) is 0.796. The van der Waals surface area contributed by atoms with Gasteiger partial charge in [-0.2, -0.15) is 0 Å². The SMILES string of the molecule is COCCOCc1nc2ncc(C)cc2[nH]1. The third kappa shape index (κ3) is 2.56. The number of ether oxygens (including phenoxy) is 2. The summed E-state index contributed by atoms with van der Waals surface area (Å²) in [4.78, 5) is 11.7. The van der Waals surface area contributed by atoms with E-state index in [0.29, 0.717) is 19.8 Å². The molecule has 5 nitrogen and oxygen atoms in total. The van der Waals surface area contributed by atoms with E-state index in [1.807, 2.05) is 13.0 Å². The molecule has 0 amide bonds. The standard InChI is InChI=1S/C11H15N3O2/c1-8-5-9-11(12-6-8)14-10(13-9)7-16-4-3-15-2/h5-6H,3-4,7H2,1-2H3,(H,12,13,14). The van der Waals surface area contributed by atoms with Crippen molar-refractivity contribution in [1.82, 2.24) is 15.0 Å². The van der Waals surface area contributed by atoms with Gasteiger partial charge in [0.1, 0.15) is 12.4 Å². The van der Waals surface area contributed by atoms with Gasteiger partial charge < -0.3 is 14.5 Å². The third-order valence-electron chi connectivity index (χ3n) is 2.19.